The lowest BCUT2D eigenvalue weighted by Gasteiger charge is -2.37. The summed E-state index contributed by atoms with van der Waals surface area (Å²) in [5, 5.41) is 0. The molecule has 0 N–H and O–H groups in total. The van der Waals surface area contributed by atoms with Crippen molar-refractivity contribution >= 4 is 5.91 Å². The van der Waals surface area contributed by atoms with Crippen LogP contribution in [0.15, 0.2) is 30.3 Å². The average molecular weight is 340 g/mol. The number of carbonyl (C=O) groups excluding carboxylic acids is 1. The van der Waals surface area contributed by atoms with Crippen LogP contribution in [-0.4, -0.2) is 48.1 Å². The van der Waals surface area contributed by atoms with Gasteiger partial charge in [0.05, 0.1) is 0 Å². The zero-order valence-corrected chi connectivity index (χ0v) is 13.7. The highest BCUT2D eigenvalue weighted by Gasteiger charge is 2.63. The fraction of sp³-hybridized carbons (Fsp3) is 0.611. The standard InChI is InChI=1S/C18H23F3N2O/c19-18(20,21)17(16(24)23-10-5-2-6-11-23)9-12-22(14-17)13-15-7-3-1-4-8-15/h1,3-4,7-8H,2,5-6,9-14H2. The molecule has 1 atom stereocenters. The molecule has 24 heavy (non-hydrogen) atoms. The molecule has 0 saturated carbocycles. The van der Waals surface area contributed by atoms with Crippen molar-refractivity contribution < 1.29 is 18.0 Å². The fourth-order valence-electron chi connectivity index (χ4n) is 3.79. The molecule has 0 bridgehead atoms. The summed E-state index contributed by atoms with van der Waals surface area (Å²) in [5.74, 6) is -0.717. The molecule has 1 aromatic rings. The molecule has 2 saturated heterocycles. The molecular formula is C18H23F3N2O. The quantitative estimate of drug-likeness (QED) is 0.841. The van der Waals surface area contributed by atoms with Crippen LogP contribution in [0.5, 0.6) is 0 Å². The van der Waals surface area contributed by atoms with Crippen LogP contribution >= 0.6 is 0 Å². The molecule has 6 heteroatoms. The zero-order chi connectivity index (χ0) is 17.2. The van der Waals surface area contributed by atoms with Crippen LogP contribution in [0.4, 0.5) is 13.2 Å². The summed E-state index contributed by atoms with van der Waals surface area (Å²) in [6.45, 7) is 1.42. The first kappa shape index (κ1) is 17.3. The smallest absolute Gasteiger partial charge is 0.342 e. The van der Waals surface area contributed by atoms with Crippen molar-refractivity contribution in [3.63, 3.8) is 0 Å². The van der Waals surface area contributed by atoms with Crippen molar-refractivity contribution in [3.8, 4) is 0 Å². The maximum Gasteiger partial charge on any atom is 0.404 e. The number of halogens is 3. The Hall–Kier alpha value is -1.56. The van der Waals surface area contributed by atoms with Crippen LogP contribution in [0.25, 0.3) is 0 Å². The summed E-state index contributed by atoms with van der Waals surface area (Å²) in [5.41, 5.74) is -1.26. The Labute approximate surface area is 140 Å². The molecular weight excluding hydrogens is 317 g/mol. The van der Waals surface area contributed by atoms with Gasteiger partial charge < -0.3 is 4.90 Å². The van der Waals surface area contributed by atoms with Crippen LogP contribution < -0.4 is 0 Å². The first-order valence-corrected chi connectivity index (χ1v) is 8.55. The Kier molecular flexibility index (Phi) is 4.85. The Morgan fingerprint density at radius 1 is 1.04 bits per heavy atom. The second-order valence-electron chi connectivity index (χ2n) is 6.88. The molecule has 2 fully saturated rings. The van der Waals surface area contributed by atoms with Crippen molar-refractivity contribution in [1.82, 2.24) is 9.80 Å². The van der Waals surface area contributed by atoms with E-state index in [1.54, 1.807) is 4.90 Å². The Morgan fingerprint density at radius 3 is 2.33 bits per heavy atom. The van der Waals surface area contributed by atoms with E-state index in [0.717, 1.165) is 24.8 Å². The average Bonchev–Trinajstić information content (AvgIpc) is 3.01. The van der Waals surface area contributed by atoms with Crippen LogP contribution in [-0.2, 0) is 11.3 Å². The number of piperidine rings is 1. The topological polar surface area (TPSA) is 23.6 Å². The summed E-state index contributed by atoms with van der Waals surface area (Å²) in [6.07, 6.45) is -2.06. The molecule has 2 aliphatic rings. The van der Waals surface area contributed by atoms with Gasteiger partial charge in [0.2, 0.25) is 5.91 Å². The van der Waals surface area contributed by atoms with Gasteiger partial charge in [-0.15, -0.1) is 0 Å². The summed E-state index contributed by atoms with van der Waals surface area (Å²) in [4.78, 5) is 15.9. The highest BCUT2D eigenvalue weighted by molar-refractivity contribution is 5.84. The van der Waals surface area contributed by atoms with Gasteiger partial charge in [0.15, 0.2) is 5.41 Å². The number of rotatable bonds is 3. The van der Waals surface area contributed by atoms with E-state index >= 15 is 0 Å². The van der Waals surface area contributed by atoms with Gasteiger partial charge in [-0.25, -0.2) is 0 Å². The van der Waals surface area contributed by atoms with Gasteiger partial charge in [0.1, 0.15) is 0 Å². The van der Waals surface area contributed by atoms with Crippen molar-refractivity contribution in [2.75, 3.05) is 26.2 Å². The third kappa shape index (κ3) is 3.29. The fourth-order valence-corrected chi connectivity index (χ4v) is 3.79. The highest BCUT2D eigenvalue weighted by atomic mass is 19.4. The van der Waals surface area contributed by atoms with E-state index in [1.807, 2.05) is 30.3 Å². The van der Waals surface area contributed by atoms with Crippen LogP contribution in [0.3, 0.4) is 0 Å². The molecule has 0 radical (unpaired) electrons. The van der Waals surface area contributed by atoms with E-state index in [2.05, 4.69) is 0 Å². The van der Waals surface area contributed by atoms with E-state index in [4.69, 9.17) is 0 Å². The number of carbonyl (C=O) groups is 1. The van der Waals surface area contributed by atoms with E-state index in [-0.39, 0.29) is 13.0 Å². The number of alkyl halides is 3. The summed E-state index contributed by atoms with van der Waals surface area (Å²) >= 11 is 0. The molecule has 2 heterocycles. The maximum atomic E-state index is 13.9. The zero-order valence-electron chi connectivity index (χ0n) is 13.7. The molecule has 0 spiro atoms. The molecule has 3 rings (SSSR count). The minimum atomic E-state index is -4.51. The maximum absolute atomic E-state index is 13.9. The minimum Gasteiger partial charge on any atom is -0.342 e. The van der Waals surface area contributed by atoms with E-state index in [9.17, 15) is 18.0 Å². The largest absolute Gasteiger partial charge is 0.404 e. The Balaban J connectivity index is 1.77. The summed E-state index contributed by atoms with van der Waals surface area (Å²) in [7, 11) is 0. The van der Waals surface area contributed by atoms with Crippen molar-refractivity contribution in [2.45, 2.75) is 38.4 Å². The SMILES string of the molecule is O=C(N1CCCCC1)C1(C(F)(F)F)CCN(Cc2ccccc2)C1. The van der Waals surface area contributed by atoms with Crippen molar-refractivity contribution in [2.24, 2.45) is 5.41 Å². The lowest BCUT2D eigenvalue weighted by molar-refractivity contribution is -0.224. The van der Waals surface area contributed by atoms with Gasteiger partial charge in [-0.2, -0.15) is 13.2 Å². The van der Waals surface area contributed by atoms with Gasteiger partial charge in [0, 0.05) is 26.2 Å². The number of hydrogen-bond acceptors (Lipinski definition) is 2. The normalized spacial score (nSPS) is 25.9. The van der Waals surface area contributed by atoms with Gasteiger partial charge in [-0.3, -0.25) is 9.69 Å². The number of likely N-dealkylation sites (tertiary alicyclic amines) is 2. The van der Waals surface area contributed by atoms with E-state index in [1.165, 1.54) is 4.90 Å². The van der Waals surface area contributed by atoms with Gasteiger partial charge in [0.25, 0.3) is 0 Å². The lowest BCUT2D eigenvalue weighted by Crippen LogP contribution is -2.54. The van der Waals surface area contributed by atoms with E-state index < -0.39 is 17.5 Å². The van der Waals surface area contributed by atoms with Crippen LogP contribution in [0.2, 0.25) is 0 Å². The third-order valence-corrected chi connectivity index (χ3v) is 5.19. The Morgan fingerprint density at radius 2 is 1.71 bits per heavy atom. The predicted octanol–water partition coefficient (Wildman–Crippen LogP) is 3.45. The first-order chi connectivity index (χ1) is 11.4. The lowest BCUT2D eigenvalue weighted by atomic mass is 9.84. The van der Waals surface area contributed by atoms with Crippen molar-refractivity contribution in [3.05, 3.63) is 35.9 Å². The van der Waals surface area contributed by atoms with Crippen LogP contribution in [0.1, 0.15) is 31.2 Å². The molecule has 2 aliphatic heterocycles. The van der Waals surface area contributed by atoms with Crippen LogP contribution in [0, 0.1) is 5.41 Å². The highest BCUT2D eigenvalue weighted by Crippen LogP contribution is 2.47. The second kappa shape index (κ2) is 6.75. The van der Waals surface area contributed by atoms with Gasteiger partial charge in [-0.1, -0.05) is 30.3 Å². The molecule has 3 nitrogen and oxygen atoms in total. The third-order valence-electron chi connectivity index (χ3n) is 5.19. The number of amides is 1. The molecule has 1 aromatic carbocycles. The summed E-state index contributed by atoms with van der Waals surface area (Å²) < 4.78 is 41.6. The molecule has 1 unspecified atom stereocenters. The molecule has 0 aliphatic carbocycles. The minimum absolute atomic E-state index is 0.140. The number of hydrogen-bond donors (Lipinski definition) is 0. The van der Waals surface area contributed by atoms with Crippen molar-refractivity contribution in [1.29, 1.82) is 0 Å². The summed E-state index contributed by atoms with van der Waals surface area (Å²) in [6, 6.07) is 9.44. The first-order valence-electron chi connectivity index (χ1n) is 8.55. The predicted molar refractivity (Wildman–Crippen MR) is 85.3 cm³/mol. The molecule has 0 aromatic heterocycles. The second-order valence-corrected chi connectivity index (χ2v) is 6.88. The Bertz CT molecular complexity index is 569. The van der Waals surface area contributed by atoms with E-state index in [0.29, 0.717) is 26.2 Å². The van der Waals surface area contributed by atoms with Gasteiger partial charge >= 0.3 is 6.18 Å². The number of nitrogens with zero attached hydrogens (tertiary/aromatic N) is 2. The monoisotopic (exact) mass is 340 g/mol. The molecule has 132 valence electrons. The molecule has 1 amide bonds. The van der Waals surface area contributed by atoms with Gasteiger partial charge in [-0.05, 0) is 37.8 Å². The number of benzene rings is 1.